The summed E-state index contributed by atoms with van der Waals surface area (Å²) in [7, 11) is 2.99. The van der Waals surface area contributed by atoms with E-state index in [2.05, 4.69) is 0 Å². The van der Waals surface area contributed by atoms with E-state index in [-0.39, 0.29) is 29.4 Å². The quantitative estimate of drug-likeness (QED) is 0.323. The van der Waals surface area contributed by atoms with E-state index in [4.69, 9.17) is 9.47 Å². The van der Waals surface area contributed by atoms with Gasteiger partial charge in [-0.2, -0.15) is 0 Å². The van der Waals surface area contributed by atoms with E-state index in [0.717, 1.165) is 0 Å². The fourth-order valence-electron chi connectivity index (χ4n) is 3.47. The fraction of sp³-hybridized carbons (Fsp3) is 0.273. The highest BCUT2D eigenvalue weighted by molar-refractivity contribution is 6.46. The Hall–Kier alpha value is -3.32. The van der Waals surface area contributed by atoms with Crippen molar-refractivity contribution in [2.75, 3.05) is 27.4 Å². The summed E-state index contributed by atoms with van der Waals surface area (Å²) in [6, 6.07) is 12.4. The number of aromatic hydroxyl groups is 1. The molecule has 0 aliphatic carbocycles. The van der Waals surface area contributed by atoms with E-state index in [1.54, 1.807) is 49.6 Å². The number of carbonyl (C=O) groups is 2. The van der Waals surface area contributed by atoms with Gasteiger partial charge in [-0.05, 0) is 24.1 Å². The minimum atomic E-state index is -0.830. The summed E-state index contributed by atoms with van der Waals surface area (Å²) in [6.07, 6.45) is 0.521. The van der Waals surface area contributed by atoms with Crippen LogP contribution in [0.15, 0.2) is 54.1 Å². The van der Waals surface area contributed by atoms with Crippen molar-refractivity contribution in [1.82, 2.24) is 4.90 Å². The van der Waals surface area contributed by atoms with Crippen molar-refractivity contribution in [1.29, 1.82) is 0 Å². The zero-order chi connectivity index (χ0) is 21.0. The van der Waals surface area contributed by atoms with Crippen LogP contribution >= 0.6 is 0 Å². The predicted molar refractivity (Wildman–Crippen MR) is 107 cm³/mol. The molecule has 1 aliphatic rings. The Morgan fingerprint density at radius 2 is 1.83 bits per heavy atom. The van der Waals surface area contributed by atoms with Gasteiger partial charge in [-0.1, -0.05) is 36.4 Å². The Morgan fingerprint density at radius 1 is 1.10 bits per heavy atom. The summed E-state index contributed by atoms with van der Waals surface area (Å²) in [5.41, 5.74) is 0.922. The summed E-state index contributed by atoms with van der Waals surface area (Å²) < 4.78 is 10.1. The van der Waals surface area contributed by atoms with Crippen molar-refractivity contribution in [2.45, 2.75) is 12.5 Å². The molecule has 7 heteroatoms. The summed E-state index contributed by atoms with van der Waals surface area (Å²) in [5.74, 6) is -1.55. The van der Waals surface area contributed by atoms with Crippen LogP contribution in [0, 0.1) is 0 Å². The first-order valence-corrected chi connectivity index (χ1v) is 9.19. The molecule has 0 saturated carbocycles. The number of carbonyl (C=O) groups excluding carboxylic acids is 2. The van der Waals surface area contributed by atoms with Gasteiger partial charge in [-0.25, -0.2) is 0 Å². The third kappa shape index (κ3) is 3.95. The van der Waals surface area contributed by atoms with Gasteiger partial charge < -0.3 is 24.6 Å². The Morgan fingerprint density at radius 3 is 2.45 bits per heavy atom. The lowest BCUT2D eigenvalue weighted by atomic mass is 9.95. The molecule has 1 atom stereocenters. The molecule has 1 fully saturated rings. The van der Waals surface area contributed by atoms with Crippen molar-refractivity contribution in [3.8, 4) is 11.5 Å². The Labute approximate surface area is 168 Å². The zero-order valence-corrected chi connectivity index (χ0v) is 16.3. The normalized spacial score (nSPS) is 18.3. The van der Waals surface area contributed by atoms with E-state index in [9.17, 15) is 19.8 Å². The highest BCUT2D eigenvalue weighted by atomic mass is 16.5. The Bertz CT molecular complexity index is 938. The number of aliphatic hydroxyl groups is 1. The molecule has 0 bridgehead atoms. The predicted octanol–water partition coefficient (Wildman–Crippen LogP) is 2.86. The number of phenols is 1. The molecule has 3 rings (SSSR count). The number of ketones is 1. The van der Waals surface area contributed by atoms with Crippen LogP contribution in [-0.2, 0) is 14.3 Å². The van der Waals surface area contributed by atoms with Crippen LogP contribution in [0.25, 0.3) is 5.76 Å². The SMILES string of the molecule is COCCCN1C(=O)C(=O)/C(=C(\O)c2ccccc2)C1c1ccc(OC)c(O)c1. The fourth-order valence-corrected chi connectivity index (χ4v) is 3.47. The van der Waals surface area contributed by atoms with Gasteiger partial charge in [0.25, 0.3) is 11.7 Å². The first-order chi connectivity index (χ1) is 14.0. The zero-order valence-electron chi connectivity index (χ0n) is 16.3. The van der Waals surface area contributed by atoms with Crippen molar-refractivity contribution in [3.05, 3.63) is 65.2 Å². The van der Waals surface area contributed by atoms with E-state index >= 15 is 0 Å². The monoisotopic (exact) mass is 397 g/mol. The number of rotatable bonds is 7. The molecule has 2 aromatic carbocycles. The van der Waals surface area contributed by atoms with Gasteiger partial charge in [0.1, 0.15) is 5.76 Å². The molecule has 1 aliphatic heterocycles. The molecule has 0 spiro atoms. The van der Waals surface area contributed by atoms with Gasteiger partial charge in [0.05, 0.1) is 18.7 Å². The van der Waals surface area contributed by atoms with Crippen molar-refractivity contribution >= 4 is 17.4 Å². The maximum absolute atomic E-state index is 12.8. The number of phenolic OH excluding ortho intramolecular Hbond substituents is 1. The van der Waals surface area contributed by atoms with Crippen LogP contribution < -0.4 is 4.74 Å². The summed E-state index contributed by atoms with van der Waals surface area (Å²) in [4.78, 5) is 27.0. The lowest BCUT2D eigenvalue weighted by Gasteiger charge is -2.25. The van der Waals surface area contributed by atoms with Crippen LogP contribution in [-0.4, -0.2) is 54.2 Å². The third-order valence-corrected chi connectivity index (χ3v) is 4.85. The van der Waals surface area contributed by atoms with Crippen molar-refractivity contribution in [2.24, 2.45) is 0 Å². The number of aliphatic hydroxyl groups excluding tert-OH is 1. The number of hydrogen-bond acceptors (Lipinski definition) is 6. The highest BCUT2D eigenvalue weighted by Crippen LogP contribution is 2.41. The van der Waals surface area contributed by atoms with Crippen LogP contribution in [0.2, 0.25) is 0 Å². The maximum Gasteiger partial charge on any atom is 0.295 e. The number of hydrogen-bond donors (Lipinski definition) is 2. The van der Waals surface area contributed by atoms with E-state index in [1.807, 2.05) is 0 Å². The number of Topliss-reactive ketones (excluding diaryl/α,β-unsaturated/α-hetero) is 1. The van der Waals surface area contributed by atoms with E-state index < -0.39 is 17.7 Å². The van der Waals surface area contributed by atoms with Gasteiger partial charge in [-0.15, -0.1) is 0 Å². The molecule has 1 saturated heterocycles. The molecule has 7 nitrogen and oxygen atoms in total. The third-order valence-electron chi connectivity index (χ3n) is 4.85. The van der Waals surface area contributed by atoms with Gasteiger partial charge in [0.2, 0.25) is 0 Å². The molecule has 2 aromatic rings. The van der Waals surface area contributed by atoms with Gasteiger partial charge in [-0.3, -0.25) is 9.59 Å². The molecular formula is C22H23NO6. The number of benzene rings is 2. The van der Waals surface area contributed by atoms with Gasteiger partial charge >= 0.3 is 0 Å². The van der Waals surface area contributed by atoms with Crippen LogP contribution in [0.1, 0.15) is 23.6 Å². The number of methoxy groups -OCH3 is 2. The second-order valence-electron chi connectivity index (χ2n) is 6.64. The first kappa shape index (κ1) is 20.4. The summed E-state index contributed by atoms with van der Waals surface area (Å²) >= 11 is 0. The number of nitrogens with zero attached hydrogens (tertiary/aromatic N) is 1. The average molecular weight is 397 g/mol. The minimum Gasteiger partial charge on any atom is -0.507 e. The topological polar surface area (TPSA) is 96.3 Å². The number of amides is 1. The highest BCUT2D eigenvalue weighted by Gasteiger charge is 2.45. The molecule has 0 aromatic heterocycles. The smallest absolute Gasteiger partial charge is 0.295 e. The lowest BCUT2D eigenvalue weighted by Crippen LogP contribution is -2.31. The van der Waals surface area contributed by atoms with Gasteiger partial charge in [0.15, 0.2) is 11.5 Å². The second-order valence-corrected chi connectivity index (χ2v) is 6.64. The standard InChI is InChI=1S/C22H23NO6/c1-28-12-6-11-23-19(15-9-10-17(29-2)16(24)13-15)18(21(26)22(23)27)20(25)14-7-4-3-5-8-14/h3-5,7-10,13,19,24-25H,6,11-12H2,1-2H3/b20-18-. The molecule has 0 radical (unpaired) electrons. The maximum atomic E-state index is 12.8. The first-order valence-electron chi connectivity index (χ1n) is 9.19. The molecule has 2 N–H and O–H groups in total. The van der Waals surface area contributed by atoms with E-state index in [1.165, 1.54) is 18.1 Å². The summed E-state index contributed by atoms with van der Waals surface area (Å²) in [5, 5.41) is 21.1. The molecule has 29 heavy (non-hydrogen) atoms. The largest absolute Gasteiger partial charge is 0.507 e. The molecule has 152 valence electrons. The molecular weight excluding hydrogens is 374 g/mol. The molecule has 1 amide bonds. The average Bonchev–Trinajstić information content (AvgIpc) is 2.99. The Balaban J connectivity index is 2.13. The molecule has 1 unspecified atom stereocenters. The minimum absolute atomic E-state index is 0.0109. The summed E-state index contributed by atoms with van der Waals surface area (Å²) in [6.45, 7) is 0.684. The van der Waals surface area contributed by atoms with Crippen LogP contribution in [0.5, 0.6) is 11.5 Å². The second kappa shape index (κ2) is 8.79. The number of likely N-dealkylation sites (tertiary alicyclic amines) is 1. The number of ether oxygens (including phenoxy) is 2. The van der Waals surface area contributed by atoms with Crippen LogP contribution in [0.4, 0.5) is 0 Å². The van der Waals surface area contributed by atoms with Crippen LogP contribution in [0.3, 0.4) is 0 Å². The molecule has 1 heterocycles. The van der Waals surface area contributed by atoms with Crippen molar-refractivity contribution in [3.63, 3.8) is 0 Å². The van der Waals surface area contributed by atoms with E-state index in [0.29, 0.717) is 24.2 Å². The van der Waals surface area contributed by atoms with Crippen molar-refractivity contribution < 1.29 is 29.3 Å². The Kier molecular flexibility index (Phi) is 6.19. The van der Waals surface area contributed by atoms with Gasteiger partial charge in [0, 0.05) is 25.8 Å². The lowest BCUT2D eigenvalue weighted by molar-refractivity contribution is -0.140.